The Morgan fingerprint density at radius 2 is 1.64 bits per heavy atom. The van der Waals surface area contributed by atoms with Crippen molar-refractivity contribution in [3.63, 3.8) is 0 Å². The monoisotopic (exact) mass is 385 g/mol. The van der Waals surface area contributed by atoms with Gasteiger partial charge in [-0.3, -0.25) is 0 Å². The number of carboxylic acid groups (broad SMARTS) is 2. The Bertz CT molecular complexity index is 697. The molecule has 2 rings (SSSR count). The van der Waals surface area contributed by atoms with Gasteiger partial charge in [-0.05, 0) is 24.7 Å². The van der Waals surface area contributed by atoms with Crippen LogP contribution in [0.3, 0.4) is 0 Å². The maximum atomic E-state index is 9.10. The van der Waals surface area contributed by atoms with Crippen molar-refractivity contribution < 1.29 is 24.5 Å². The number of likely N-dealkylation sites (N-methyl/N-ethyl adjacent to an activating group) is 1. The largest absolute Gasteiger partial charge is 0.490 e. The normalized spacial score (nSPS) is 11.0. The molecular weight excluding hydrogens is 369 g/mol. The van der Waals surface area contributed by atoms with Gasteiger partial charge in [-0.1, -0.05) is 59.6 Å². The van der Waals surface area contributed by atoms with Crippen LogP contribution in [0.25, 0.3) is 0 Å². The number of carbonyl (C=O) groups is 2. The van der Waals surface area contributed by atoms with Gasteiger partial charge in [0, 0.05) is 0 Å². The van der Waals surface area contributed by atoms with Crippen molar-refractivity contribution in [2.24, 2.45) is 0 Å². The molecule has 1 atom stereocenters. The van der Waals surface area contributed by atoms with Crippen molar-refractivity contribution in [2.45, 2.75) is 6.04 Å². The summed E-state index contributed by atoms with van der Waals surface area (Å²) in [6.07, 6.45) is 0. The van der Waals surface area contributed by atoms with Crippen LogP contribution in [0.4, 0.5) is 0 Å². The van der Waals surface area contributed by atoms with Crippen molar-refractivity contribution in [1.29, 1.82) is 0 Å². The third-order valence-electron chi connectivity index (χ3n) is 3.06. The molecule has 0 saturated heterocycles. The van der Waals surface area contributed by atoms with E-state index in [4.69, 9.17) is 47.7 Å². The van der Waals surface area contributed by atoms with E-state index in [1.54, 1.807) is 6.07 Å². The maximum Gasteiger partial charge on any atom is 0.414 e. The number of aliphatic carboxylic acids is 2. The molecule has 8 heteroatoms. The molecule has 0 unspecified atom stereocenters. The summed E-state index contributed by atoms with van der Waals surface area (Å²) in [6.45, 7) is 0.487. The van der Waals surface area contributed by atoms with Gasteiger partial charge in [-0.25, -0.2) is 9.59 Å². The minimum Gasteiger partial charge on any atom is -0.490 e. The number of benzene rings is 2. The number of hydrogen-bond donors (Lipinski definition) is 3. The molecule has 0 spiro atoms. The van der Waals surface area contributed by atoms with Gasteiger partial charge in [0.2, 0.25) is 0 Å². The molecule has 0 aliphatic rings. The van der Waals surface area contributed by atoms with E-state index in [0.717, 1.165) is 0 Å². The third kappa shape index (κ3) is 7.01. The molecule has 0 aromatic heterocycles. The van der Waals surface area contributed by atoms with Crippen molar-refractivity contribution in [3.8, 4) is 5.75 Å². The standard InChI is InChI=1S/C15H15Cl2NO.C2H2O4/c1-18-13(11-6-3-2-4-7-11)10-19-14-9-5-8-12(16)15(14)17;3-1(4)2(5)6/h2-9,13,18H,10H2,1H3;(H,3,4)(H,5,6)/t13-;/m0./s1. The molecule has 134 valence electrons. The number of carboxylic acids is 2. The minimum atomic E-state index is -1.82. The van der Waals surface area contributed by atoms with Crippen LogP contribution in [-0.2, 0) is 9.59 Å². The first kappa shape index (κ1) is 20.8. The second-order valence-electron chi connectivity index (χ2n) is 4.73. The Morgan fingerprint density at radius 1 is 1.04 bits per heavy atom. The molecule has 0 fully saturated rings. The lowest BCUT2D eigenvalue weighted by Crippen LogP contribution is -2.23. The molecule has 0 radical (unpaired) electrons. The van der Waals surface area contributed by atoms with Crippen LogP contribution in [0.1, 0.15) is 11.6 Å². The summed E-state index contributed by atoms with van der Waals surface area (Å²) in [7, 11) is 1.90. The molecule has 6 nitrogen and oxygen atoms in total. The second-order valence-corrected chi connectivity index (χ2v) is 5.51. The van der Waals surface area contributed by atoms with Crippen molar-refractivity contribution >= 4 is 35.1 Å². The topological polar surface area (TPSA) is 95.9 Å². The van der Waals surface area contributed by atoms with Gasteiger partial charge in [0.15, 0.2) is 0 Å². The fraction of sp³-hybridized carbons (Fsp3) is 0.176. The number of ether oxygens (including phenoxy) is 1. The zero-order valence-corrected chi connectivity index (χ0v) is 14.8. The average Bonchev–Trinajstić information content (AvgIpc) is 2.60. The van der Waals surface area contributed by atoms with E-state index < -0.39 is 11.9 Å². The van der Waals surface area contributed by atoms with Gasteiger partial charge < -0.3 is 20.3 Å². The highest BCUT2D eigenvalue weighted by molar-refractivity contribution is 6.42. The van der Waals surface area contributed by atoms with E-state index in [1.807, 2.05) is 37.4 Å². The second kappa shape index (κ2) is 10.6. The van der Waals surface area contributed by atoms with E-state index >= 15 is 0 Å². The highest BCUT2D eigenvalue weighted by Gasteiger charge is 2.11. The highest BCUT2D eigenvalue weighted by Crippen LogP contribution is 2.32. The predicted octanol–water partition coefficient (Wildman–Crippen LogP) is 3.49. The van der Waals surface area contributed by atoms with Gasteiger partial charge in [-0.2, -0.15) is 0 Å². The highest BCUT2D eigenvalue weighted by atomic mass is 35.5. The smallest absolute Gasteiger partial charge is 0.414 e. The molecule has 0 saturated carbocycles. The Hall–Kier alpha value is -2.28. The van der Waals surface area contributed by atoms with Crippen LogP contribution in [-0.4, -0.2) is 35.8 Å². The van der Waals surface area contributed by atoms with Gasteiger partial charge in [0.1, 0.15) is 17.4 Å². The lowest BCUT2D eigenvalue weighted by molar-refractivity contribution is -0.159. The molecule has 0 aliphatic carbocycles. The summed E-state index contributed by atoms with van der Waals surface area (Å²) in [4.78, 5) is 18.2. The molecule has 3 N–H and O–H groups in total. The summed E-state index contributed by atoms with van der Waals surface area (Å²) in [5.41, 5.74) is 1.17. The van der Waals surface area contributed by atoms with Gasteiger partial charge in [-0.15, -0.1) is 0 Å². The van der Waals surface area contributed by atoms with E-state index in [2.05, 4.69) is 17.4 Å². The lowest BCUT2D eigenvalue weighted by atomic mass is 10.1. The summed E-state index contributed by atoms with van der Waals surface area (Å²) in [5.74, 6) is -3.05. The molecule has 2 aromatic carbocycles. The molecule has 0 aliphatic heterocycles. The summed E-state index contributed by atoms with van der Waals surface area (Å²) >= 11 is 12.0. The van der Waals surface area contributed by atoms with Crippen molar-refractivity contribution in [1.82, 2.24) is 5.32 Å². The third-order valence-corrected chi connectivity index (χ3v) is 3.86. The van der Waals surface area contributed by atoms with Gasteiger partial charge in [0.05, 0.1) is 11.1 Å². The zero-order valence-electron chi connectivity index (χ0n) is 13.3. The summed E-state index contributed by atoms with van der Waals surface area (Å²) in [5, 5.41) is 19.0. The first-order chi connectivity index (χ1) is 11.9. The quantitative estimate of drug-likeness (QED) is 0.681. The summed E-state index contributed by atoms with van der Waals surface area (Å²) < 4.78 is 5.75. The molecule has 0 bridgehead atoms. The van der Waals surface area contributed by atoms with E-state index in [-0.39, 0.29) is 6.04 Å². The minimum absolute atomic E-state index is 0.108. The maximum absolute atomic E-state index is 9.10. The number of nitrogens with one attached hydrogen (secondary N) is 1. The van der Waals surface area contributed by atoms with Crippen molar-refractivity contribution in [2.75, 3.05) is 13.7 Å². The first-order valence-electron chi connectivity index (χ1n) is 7.12. The molecule has 25 heavy (non-hydrogen) atoms. The van der Waals surface area contributed by atoms with Crippen molar-refractivity contribution in [3.05, 3.63) is 64.1 Å². The Balaban J connectivity index is 0.000000450. The molecule has 0 heterocycles. The van der Waals surface area contributed by atoms with Crippen LogP contribution in [0.5, 0.6) is 5.75 Å². The Labute approximate surface area is 155 Å². The SMILES string of the molecule is CN[C@@H](COc1cccc(Cl)c1Cl)c1ccccc1.O=C(O)C(=O)O. The predicted molar refractivity (Wildman–Crippen MR) is 95.5 cm³/mol. The van der Waals surface area contributed by atoms with Gasteiger partial charge in [0.25, 0.3) is 0 Å². The fourth-order valence-corrected chi connectivity index (χ4v) is 2.15. The average molecular weight is 386 g/mol. The number of rotatable bonds is 5. The molecule has 2 aromatic rings. The van der Waals surface area contributed by atoms with E-state index in [0.29, 0.717) is 22.4 Å². The van der Waals surface area contributed by atoms with E-state index in [9.17, 15) is 0 Å². The Morgan fingerprint density at radius 3 is 2.16 bits per heavy atom. The van der Waals surface area contributed by atoms with Gasteiger partial charge >= 0.3 is 11.9 Å². The van der Waals surface area contributed by atoms with E-state index in [1.165, 1.54) is 5.56 Å². The number of hydrogen-bond acceptors (Lipinski definition) is 4. The summed E-state index contributed by atoms with van der Waals surface area (Å²) in [6, 6.07) is 15.6. The van der Waals surface area contributed by atoms with Crippen LogP contribution < -0.4 is 10.1 Å². The Kier molecular flexibility index (Phi) is 8.77. The van der Waals surface area contributed by atoms with Crippen LogP contribution in [0.15, 0.2) is 48.5 Å². The lowest BCUT2D eigenvalue weighted by Gasteiger charge is -2.18. The first-order valence-corrected chi connectivity index (χ1v) is 7.87. The number of halogens is 2. The molecular formula is C17H17Cl2NO5. The molecule has 0 amide bonds. The fourth-order valence-electron chi connectivity index (χ4n) is 1.80. The van der Waals surface area contributed by atoms with Crippen LogP contribution >= 0.6 is 23.2 Å². The van der Waals surface area contributed by atoms with Crippen LogP contribution in [0, 0.1) is 0 Å². The zero-order chi connectivity index (χ0) is 18.8. The van der Waals surface area contributed by atoms with Crippen LogP contribution in [0.2, 0.25) is 10.0 Å².